The predicted molar refractivity (Wildman–Crippen MR) is 174 cm³/mol. The third kappa shape index (κ3) is 4.04. The molecule has 0 unspecified atom stereocenters. The number of allylic oxidation sites excluding steroid dienone is 3. The molecule has 9 rings (SSSR count). The van der Waals surface area contributed by atoms with E-state index in [9.17, 15) is 4.79 Å². The van der Waals surface area contributed by atoms with E-state index in [4.69, 9.17) is 5.73 Å². The molecule has 14 atom stereocenters. The van der Waals surface area contributed by atoms with Crippen LogP contribution in [0.1, 0.15) is 89.0 Å². The van der Waals surface area contributed by atoms with Crippen molar-refractivity contribution in [1.29, 1.82) is 0 Å². The van der Waals surface area contributed by atoms with Crippen LogP contribution in [0.3, 0.4) is 0 Å². The highest BCUT2D eigenvalue weighted by Crippen LogP contribution is 2.76. The summed E-state index contributed by atoms with van der Waals surface area (Å²) in [5.74, 6) is 8.82. The van der Waals surface area contributed by atoms with E-state index < -0.39 is 0 Å². The van der Waals surface area contributed by atoms with Gasteiger partial charge in [0.2, 0.25) is 0 Å². The number of carbonyl (C=O) groups excluding carboxylic acids is 1. The molecule has 7 aliphatic carbocycles. The van der Waals surface area contributed by atoms with Crippen molar-refractivity contribution in [2.24, 2.45) is 82.2 Å². The fourth-order valence-corrected chi connectivity index (χ4v) is 13.9. The molecule has 43 heavy (non-hydrogen) atoms. The minimum atomic E-state index is -0.320. The Balaban J connectivity index is 0.975. The fourth-order valence-electron chi connectivity index (χ4n) is 13.9. The maximum Gasteiger partial charge on any atom is 0.137 e. The summed E-state index contributed by atoms with van der Waals surface area (Å²) in [6.07, 6.45) is 25.4. The van der Waals surface area contributed by atoms with Gasteiger partial charge in [0.15, 0.2) is 0 Å². The van der Waals surface area contributed by atoms with Crippen molar-refractivity contribution >= 4 is 12.0 Å². The van der Waals surface area contributed by atoms with E-state index >= 15 is 0 Å². The second kappa shape index (κ2) is 10.3. The number of nitrogens with one attached hydrogen (secondary N) is 1. The molecule has 1 aromatic carbocycles. The first-order chi connectivity index (χ1) is 21.1. The summed E-state index contributed by atoms with van der Waals surface area (Å²) in [5.41, 5.74) is 11.4. The molecule has 6 saturated carbocycles. The highest BCUT2D eigenvalue weighted by atomic mass is 16.1. The standard InChI is InChI=1S/C40H54N2O/c1-23-11-16-35-38(33-20-27(19-31(23)33)24-7-3-2-4-8-24)40(35,37(41)22-43)29-14-15-30-28(17-29)21-34-32(30)18-26-13-12-25-9-5-6-10-36(25)42-39(26)34/h5-6,9-10,14-15,22,24,26-35,37-39,42H,1-4,7-8,11-13,16-21,41H2/t26-,27-,28+,29-,30+,31+,32-,33+,34+,35+,37-,38-,39+,40+/m0/s1. The van der Waals surface area contributed by atoms with Gasteiger partial charge in [-0.15, -0.1) is 0 Å². The normalized spacial score (nSPS) is 48.8. The first kappa shape index (κ1) is 27.4. The van der Waals surface area contributed by atoms with Crippen LogP contribution in [0.25, 0.3) is 0 Å². The van der Waals surface area contributed by atoms with E-state index in [1.807, 2.05) is 0 Å². The molecule has 1 aliphatic heterocycles. The lowest BCUT2D eigenvalue weighted by atomic mass is 9.66. The van der Waals surface area contributed by atoms with Gasteiger partial charge in [-0.3, -0.25) is 0 Å². The van der Waals surface area contributed by atoms with Crippen LogP contribution < -0.4 is 11.1 Å². The number of aldehydes is 1. The van der Waals surface area contributed by atoms with Crippen LogP contribution in [0.2, 0.25) is 0 Å². The number of benzene rings is 1. The SMILES string of the molecule is C=C1CC[C@@H]2[C@H]([C@@H]3C[C@@H](C4CCCCC4)C[C@H]13)[C@]2([C@@H](N)C=O)[C@H]1C=C[C@@H]2[C@@H](C[C@@H]3[C@H]2C[C@@H]2CCc4ccccc4N[C@H]23)C1. The van der Waals surface area contributed by atoms with Gasteiger partial charge in [0.25, 0.3) is 0 Å². The first-order valence-electron chi connectivity index (χ1n) is 18.5. The summed E-state index contributed by atoms with van der Waals surface area (Å²) in [6, 6.07) is 9.36. The summed E-state index contributed by atoms with van der Waals surface area (Å²) < 4.78 is 0. The van der Waals surface area contributed by atoms with Crippen LogP contribution in [-0.2, 0) is 11.2 Å². The second-order valence-electron chi connectivity index (χ2n) is 16.9. The minimum absolute atomic E-state index is 0.00592. The van der Waals surface area contributed by atoms with Crippen molar-refractivity contribution in [3.63, 3.8) is 0 Å². The number of nitrogens with two attached hydrogens (primary N) is 1. The fraction of sp³-hybridized carbons (Fsp3) is 0.725. The van der Waals surface area contributed by atoms with Crippen LogP contribution in [0.4, 0.5) is 5.69 Å². The van der Waals surface area contributed by atoms with Crippen LogP contribution in [0.5, 0.6) is 0 Å². The Bertz CT molecular complexity index is 1290. The van der Waals surface area contributed by atoms with E-state index in [0.717, 1.165) is 54.1 Å². The number of para-hydroxylation sites is 1. The summed E-state index contributed by atoms with van der Waals surface area (Å²) >= 11 is 0. The van der Waals surface area contributed by atoms with Gasteiger partial charge in [0.1, 0.15) is 6.29 Å². The third-order valence-corrected chi connectivity index (χ3v) is 15.6. The molecule has 1 heterocycles. The lowest BCUT2D eigenvalue weighted by molar-refractivity contribution is -0.111. The summed E-state index contributed by atoms with van der Waals surface area (Å²) in [6.45, 7) is 4.69. The molecule has 0 bridgehead atoms. The Morgan fingerprint density at radius 2 is 1.65 bits per heavy atom. The maximum absolute atomic E-state index is 12.6. The zero-order valence-corrected chi connectivity index (χ0v) is 26.2. The lowest BCUT2D eigenvalue weighted by Crippen LogP contribution is -2.43. The van der Waals surface area contributed by atoms with Crippen molar-refractivity contribution in [3.8, 4) is 0 Å². The maximum atomic E-state index is 12.6. The molecular formula is C40H54N2O. The predicted octanol–water partition coefficient (Wildman–Crippen LogP) is 8.21. The Kier molecular flexibility index (Phi) is 6.59. The Morgan fingerprint density at radius 3 is 2.51 bits per heavy atom. The quantitative estimate of drug-likeness (QED) is 0.280. The van der Waals surface area contributed by atoms with Gasteiger partial charge in [-0.05, 0) is 140 Å². The average molecular weight is 579 g/mol. The van der Waals surface area contributed by atoms with E-state index in [-0.39, 0.29) is 11.5 Å². The number of anilines is 1. The average Bonchev–Trinajstić information content (AvgIpc) is 3.23. The van der Waals surface area contributed by atoms with E-state index in [1.54, 1.807) is 5.57 Å². The smallest absolute Gasteiger partial charge is 0.137 e. The van der Waals surface area contributed by atoms with Gasteiger partial charge in [0.05, 0.1) is 6.04 Å². The van der Waals surface area contributed by atoms with Crippen LogP contribution in [0.15, 0.2) is 48.6 Å². The molecule has 6 fully saturated rings. The van der Waals surface area contributed by atoms with Gasteiger partial charge >= 0.3 is 0 Å². The Labute approximate surface area is 259 Å². The zero-order chi connectivity index (χ0) is 28.9. The molecule has 0 spiro atoms. The Morgan fingerprint density at radius 1 is 0.837 bits per heavy atom. The van der Waals surface area contributed by atoms with Gasteiger partial charge in [-0.1, -0.05) is 74.6 Å². The molecule has 3 N–H and O–H groups in total. The highest BCUT2D eigenvalue weighted by Gasteiger charge is 2.74. The third-order valence-electron chi connectivity index (χ3n) is 15.6. The molecule has 0 saturated heterocycles. The molecule has 3 heteroatoms. The number of aryl methyl sites for hydroxylation is 1. The molecular weight excluding hydrogens is 524 g/mol. The van der Waals surface area contributed by atoms with Crippen molar-refractivity contribution in [2.45, 2.75) is 102 Å². The van der Waals surface area contributed by atoms with Gasteiger partial charge in [0, 0.05) is 17.1 Å². The van der Waals surface area contributed by atoms with E-state index in [2.05, 4.69) is 48.3 Å². The van der Waals surface area contributed by atoms with Crippen LogP contribution >= 0.6 is 0 Å². The zero-order valence-electron chi connectivity index (χ0n) is 26.2. The Hall–Kier alpha value is -1.87. The molecule has 0 aromatic heterocycles. The van der Waals surface area contributed by atoms with Crippen LogP contribution in [-0.4, -0.2) is 18.4 Å². The molecule has 1 aromatic rings. The first-order valence-corrected chi connectivity index (χ1v) is 18.5. The monoisotopic (exact) mass is 578 g/mol. The molecule has 230 valence electrons. The van der Waals surface area contributed by atoms with Gasteiger partial charge in [-0.25, -0.2) is 0 Å². The molecule has 8 aliphatic rings. The lowest BCUT2D eigenvalue weighted by Gasteiger charge is -2.39. The van der Waals surface area contributed by atoms with E-state index in [1.165, 1.54) is 94.7 Å². The summed E-state index contributed by atoms with van der Waals surface area (Å²) in [4.78, 5) is 12.6. The van der Waals surface area contributed by atoms with Crippen molar-refractivity contribution in [3.05, 3.63) is 54.1 Å². The number of hydrogen-bond donors (Lipinski definition) is 2. The van der Waals surface area contributed by atoms with E-state index in [0.29, 0.717) is 35.6 Å². The van der Waals surface area contributed by atoms with Crippen molar-refractivity contribution < 1.29 is 4.79 Å². The molecule has 0 amide bonds. The minimum Gasteiger partial charge on any atom is -0.382 e. The van der Waals surface area contributed by atoms with Crippen LogP contribution in [0, 0.1) is 76.4 Å². The van der Waals surface area contributed by atoms with Gasteiger partial charge < -0.3 is 15.8 Å². The number of rotatable bonds is 4. The molecule has 0 radical (unpaired) electrons. The number of fused-ring (bicyclic) bond motifs is 9. The second-order valence-corrected chi connectivity index (χ2v) is 16.9. The topological polar surface area (TPSA) is 55.1 Å². The largest absolute Gasteiger partial charge is 0.382 e. The highest BCUT2D eigenvalue weighted by molar-refractivity contribution is 5.62. The number of carbonyl (C=O) groups is 1. The molecule has 3 nitrogen and oxygen atoms in total. The van der Waals surface area contributed by atoms with Gasteiger partial charge in [-0.2, -0.15) is 0 Å². The summed E-state index contributed by atoms with van der Waals surface area (Å²) in [7, 11) is 0. The summed E-state index contributed by atoms with van der Waals surface area (Å²) in [5, 5.41) is 4.09. The van der Waals surface area contributed by atoms with Crippen molar-refractivity contribution in [1.82, 2.24) is 0 Å². The van der Waals surface area contributed by atoms with Crippen molar-refractivity contribution in [2.75, 3.05) is 5.32 Å². The number of hydrogen-bond acceptors (Lipinski definition) is 3.